The minimum atomic E-state index is -0.756. The quantitative estimate of drug-likeness (QED) is 0.237. The van der Waals surface area contributed by atoms with Crippen molar-refractivity contribution in [3.63, 3.8) is 0 Å². The van der Waals surface area contributed by atoms with E-state index in [4.69, 9.17) is 37.4 Å². The van der Waals surface area contributed by atoms with Gasteiger partial charge in [0.2, 0.25) is 5.91 Å². The van der Waals surface area contributed by atoms with E-state index in [9.17, 15) is 19.5 Å². The summed E-state index contributed by atoms with van der Waals surface area (Å²) in [7, 11) is 3.34. The largest absolute Gasteiger partial charge is 0.481 e. The van der Waals surface area contributed by atoms with E-state index in [1.165, 1.54) is 11.3 Å². The molecule has 0 bridgehead atoms. The summed E-state index contributed by atoms with van der Waals surface area (Å²) in [6.45, 7) is 1.77. The highest BCUT2D eigenvalue weighted by atomic mass is 35.5. The van der Waals surface area contributed by atoms with Crippen molar-refractivity contribution in [2.75, 3.05) is 39.2 Å². The van der Waals surface area contributed by atoms with Gasteiger partial charge in [-0.15, -0.1) is 11.3 Å². The number of carbonyl (C=O) groups is 3. The van der Waals surface area contributed by atoms with Crippen LogP contribution < -0.4 is 5.32 Å². The van der Waals surface area contributed by atoms with E-state index in [1.807, 2.05) is 34.5 Å². The lowest BCUT2D eigenvalue weighted by atomic mass is 9.87. The normalized spacial score (nSPS) is 25.4. The van der Waals surface area contributed by atoms with Crippen LogP contribution in [0.15, 0.2) is 41.8 Å². The second-order valence-electron chi connectivity index (χ2n) is 12.8. The number of amides is 2. The number of nitrogens with zero attached hydrogens (tertiary/aromatic N) is 2. The number of nitrogens with one attached hydrogen (secondary N) is 1. The number of hydrogen-bond acceptors (Lipinski definition) is 8. The first-order valence-electron chi connectivity index (χ1n) is 16.4. The number of carboxylic acids is 1. The summed E-state index contributed by atoms with van der Waals surface area (Å²) in [5.41, 5.74) is 1.50. The fourth-order valence-electron chi connectivity index (χ4n) is 7.32. The third kappa shape index (κ3) is 7.52. The van der Waals surface area contributed by atoms with Crippen LogP contribution in [0.1, 0.15) is 54.4 Å². The topological polar surface area (TPSA) is 118 Å². The molecule has 3 heterocycles. The van der Waals surface area contributed by atoms with E-state index < -0.39 is 12.2 Å². The molecule has 13 heteroatoms. The predicted molar refractivity (Wildman–Crippen MR) is 186 cm³/mol. The van der Waals surface area contributed by atoms with Crippen molar-refractivity contribution in [1.82, 2.24) is 9.80 Å². The third-order valence-electron chi connectivity index (χ3n) is 9.96. The van der Waals surface area contributed by atoms with Gasteiger partial charge in [0.05, 0.1) is 53.0 Å². The molecule has 258 valence electrons. The van der Waals surface area contributed by atoms with Gasteiger partial charge in [-0.3, -0.25) is 19.3 Å². The Hall–Kier alpha value is -2.77. The van der Waals surface area contributed by atoms with Crippen LogP contribution in [0.5, 0.6) is 0 Å². The molecule has 6 rings (SSSR count). The Balaban J connectivity index is 1.16. The third-order valence-corrected chi connectivity index (χ3v) is 11.6. The van der Waals surface area contributed by atoms with Crippen molar-refractivity contribution in [2.24, 2.45) is 5.92 Å². The molecule has 1 unspecified atom stereocenters. The highest BCUT2D eigenvalue weighted by Gasteiger charge is 2.45. The summed E-state index contributed by atoms with van der Waals surface area (Å²) in [5.74, 6) is -1.48. The Morgan fingerprint density at radius 2 is 1.71 bits per heavy atom. The van der Waals surface area contributed by atoms with Gasteiger partial charge in [-0.25, -0.2) is 0 Å². The number of fused-ring (bicyclic) bond motifs is 1. The molecule has 0 spiro atoms. The molecule has 1 saturated carbocycles. The number of thiophene rings is 1. The highest BCUT2D eigenvalue weighted by molar-refractivity contribution is 7.17. The number of hydrogen-bond donors (Lipinski definition) is 2. The number of likely N-dealkylation sites (tertiary alicyclic amines) is 2. The van der Waals surface area contributed by atoms with Gasteiger partial charge in [0.15, 0.2) is 0 Å². The maximum atomic E-state index is 14.0. The zero-order valence-corrected chi connectivity index (χ0v) is 29.4. The second-order valence-corrected chi connectivity index (χ2v) is 14.6. The van der Waals surface area contributed by atoms with E-state index in [-0.39, 0.29) is 48.5 Å². The lowest BCUT2D eigenvalue weighted by molar-refractivity contribution is -0.158. The number of rotatable bonds is 11. The number of halogens is 2. The van der Waals surface area contributed by atoms with Crippen LogP contribution in [0.25, 0.3) is 10.1 Å². The summed E-state index contributed by atoms with van der Waals surface area (Å²) < 4.78 is 19.2. The number of carbonyl (C=O) groups excluding carboxylic acids is 2. The summed E-state index contributed by atoms with van der Waals surface area (Å²) in [4.78, 5) is 42.8. The minimum absolute atomic E-state index is 0.0380. The van der Waals surface area contributed by atoms with Crippen molar-refractivity contribution in [2.45, 2.75) is 75.5 Å². The number of methoxy groups -OCH3 is 2. The number of ether oxygens (including phenoxy) is 3. The van der Waals surface area contributed by atoms with Crippen molar-refractivity contribution < 1.29 is 33.7 Å². The molecule has 3 aliphatic rings. The van der Waals surface area contributed by atoms with E-state index in [2.05, 4.69) is 10.2 Å². The fourth-order valence-corrected chi connectivity index (χ4v) is 8.73. The van der Waals surface area contributed by atoms with Crippen LogP contribution in [0.2, 0.25) is 10.0 Å². The van der Waals surface area contributed by atoms with Gasteiger partial charge in [-0.2, -0.15) is 0 Å². The van der Waals surface area contributed by atoms with E-state index >= 15 is 0 Å². The first kappa shape index (κ1) is 35.1. The van der Waals surface area contributed by atoms with Crippen LogP contribution in [0.3, 0.4) is 0 Å². The van der Waals surface area contributed by atoms with Crippen LogP contribution in [-0.4, -0.2) is 97.1 Å². The molecule has 2 saturated heterocycles. The molecule has 1 aromatic heterocycles. The molecule has 3 fully saturated rings. The van der Waals surface area contributed by atoms with Crippen molar-refractivity contribution >= 4 is 68.1 Å². The standard InChI is InChI=1S/C35H41Cl2N3O7S/c1-45-29-17-39(18-30(29)46-2)34(47-22-11-9-20(10-12-22)35(43)44)28-7-5-13-40(28)32(41)15-21-14-26(37)27(16-25(21)36)38-33(42)24-19-48-31-8-4-3-6-23(24)31/h3-4,6,8,14,16,19-20,22,28-30,34H,5,7,9-13,15,17-18H2,1-2H3,(H,38,42)(H,43,44)/t20-,22-,28-,29-,30+,34?/m0/s1. The average Bonchev–Trinajstić information content (AvgIpc) is 3.84. The Morgan fingerprint density at radius 1 is 1.00 bits per heavy atom. The Morgan fingerprint density at radius 3 is 2.40 bits per heavy atom. The van der Waals surface area contributed by atoms with Crippen molar-refractivity contribution in [3.05, 3.63) is 63.0 Å². The number of carboxylic acid groups (broad SMARTS) is 1. The van der Waals surface area contributed by atoms with Gasteiger partial charge < -0.3 is 29.5 Å². The summed E-state index contributed by atoms with van der Waals surface area (Å²) in [5, 5.41) is 15.7. The van der Waals surface area contributed by atoms with E-state index in [1.54, 1.807) is 26.4 Å². The van der Waals surface area contributed by atoms with E-state index in [0.717, 1.165) is 22.9 Å². The predicted octanol–water partition coefficient (Wildman–Crippen LogP) is 6.33. The molecule has 2 amide bonds. The number of benzene rings is 2. The summed E-state index contributed by atoms with van der Waals surface area (Å²) in [6.07, 6.45) is 3.32. The maximum absolute atomic E-state index is 14.0. The number of anilines is 1. The molecular weight excluding hydrogens is 677 g/mol. The van der Waals surface area contributed by atoms with Gasteiger partial charge in [-0.05, 0) is 62.3 Å². The van der Waals surface area contributed by atoms with Gasteiger partial charge >= 0.3 is 5.97 Å². The molecule has 3 aromatic rings. The van der Waals surface area contributed by atoms with Crippen LogP contribution in [0.4, 0.5) is 5.69 Å². The molecule has 10 nitrogen and oxygen atoms in total. The smallest absolute Gasteiger partial charge is 0.306 e. The first-order chi connectivity index (χ1) is 23.2. The van der Waals surface area contributed by atoms with Gasteiger partial charge in [0.25, 0.3) is 5.91 Å². The SMILES string of the molecule is CO[C@H]1CN(C(O[C@H]2CC[C@H](C(=O)O)CC2)[C@@H]2CCCN2C(=O)Cc2cc(Cl)c(NC(=O)c3csc4ccccc34)cc2Cl)C[C@H]1OC. The van der Waals surface area contributed by atoms with E-state index in [0.29, 0.717) is 72.2 Å². The maximum Gasteiger partial charge on any atom is 0.306 e. The van der Waals surface area contributed by atoms with Crippen LogP contribution in [-0.2, 0) is 30.2 Å². The molecule has 0 radical (unpaired) electrons. The summed E-state index contributed by atoms with van der Waals surface area (Å²) in [6, 6.07) is 10.7. The lowest BCUT2D eigenvalue weighted by Crippen LogP contribution is -2.53. The molecule has 2 aliphatic heterocycles. The highest BCUT2D eigenvalue weighted by Crippen LogP contribution is 2.35. The molecule has 48 heavy (non-hydrogen) atoms. The first-order valence-corrected chi connectivity index (χ1v) is 18.0. The Kier molecular flexibility index (Phi) is 11.3. The molecule has 4 atom stereocenters. The second kappa shape index (κ2) is 15.4. The monoisotopic (exact) mass is 717 g/mol. The zero-order chi connectivity index (χ0) is 33.9. The molecule has 1 aliphatic carbocycles. The minimum Gasteiger partial charge on any atom is -0.481 e. The van der Waals surface area contributed by atoms with Crippen LogP contribution >= 0.6 is 34.5 Å². The van der Waals surface area contributed by atoms with Crippen LogP contribution in [0, 0.1) is 5.92 Å². The van der Waals surface area contributed by atoms with Crippen molar-refractivity contribution in [3.8, 4) is 0 Å². The Labute approximate surface area is 294 Å². The fraction of sp³-hybridized carbons (Fsp3) is 0.514. The molecule has 2 N–H and O–H groups in total. The van der Waals surface area contributed by atoms with Gasteiger partial charge in [-0.1, -0.05) is 41.4 Å². The average molecular weight is 719 g/mol. The molecular formula is C35H41Cl2N3O7S. The van der Waals surface area contributed by atoms with Gasteiger partial charge in [0, 0.05) is 54.3 Å². The van der Waals surface area contributed by atoms with Crippen molar-refractivity contribution in [1.29, 1.82) is 0 Å². The van der Waals surface area contributed by atoms with Gasteiger partial charge in [0.1, 0.15) is 6.23 Å². The lowest BCUT2D eigenvalue weighted by Gasteiger charge is -2.40. The molecule has 2 aromatic carbocycles. The zero-order valence-electron chi connectivity index (χ0n) is 27.0. The Bertz CT molecular complexity index is 1630. The number of aliphatic carboxylic acids is 1. The summed E-state index contributed by atoms with van der Waals surface area (Å²) >= 11 is 14.8.